The lowest BCUT2D eigenvalue weighted by molar-refractivity contribution is -0.250. The Hall–Kier alpha value is -3.23. The van der Waals surface area contributed by atoms with Crippen LogP contribution in [-0.2, 0) is 11.3 Å². The second-order valence-electron chi connectivity index (χ2n) is 7.24. The number of aliphatic hydroxyl groups excluding tert-OH is 4. The molecule has 0 saturated carbocycles. The second-order valence-corrected chi connectivity index (χ2v) is 7.24. The van der Waals surface area contributed by atoms with Crippen LogP contribution in [0.5, 0.6) is 17.2 Å². The number of nitrogens with zero attached hydrogens (tertiary/aromatic N) is 4. The number of hydrogen-bond donors (Lipinski definition) is 7. The molecule has 1 fully saturated rings. The zero-order valence-electron chi connectivity index (χ0n) is 16.9. The summed E-state index contributed by atoms with van der Waals surface area (Å²) in [5, 5.41) is 60.0. The van der Waals surface area contributed by atoms with E-state index in [0.717, 1.165) is 0 Å². The summed E-state index contributed by atoms with van der Waals surface area (Å²) in [6, 6.07) is 3.05. The first kappa shape index (κ1) is 22.0. The van der Waals surface area contributed by atoms with E-state index in [2.05, 4.69) is 19.9 Å². The number of aromatic hydroxyl groups is 2. The van der Waals surface area contributed by atoms with Crippen molar-refractivity contribution in [3.8, 4) is 17.2 Å². The Morgan fingerprint density at radius 1 is 1.12 bits per heavy atom. The van der Waals surface area contributed by atoms with Crippen molar-refractivity contribution in [3.63, 3.8) is 0 Å². The SMILES string of the molecule is COc1ccc(CN=c2ncn(C3O[C@H](CO)[C@@H](O)[C@H](O)[C@H]3O)c3nc[nH]c23)c(O)c1O. The van der Waals surface area contributed by atoms with Gasteiger partial charge in [-0.25, -0.2) is 9.97 Å². The Labute approximate surface area is 180 Å². The van der Waals surface area contributed by atoms with Gasteiger partial charge in [0.15, 0.2) is 28.9 Å². The maximum Gasteiger partial charge on any atom is 0.200 e. The summed E-state index contributed by atoms with van der Waals surface area (Å²) in [6.07, 6.45) is -4.15. The number of aromatic amines is 1. The van der Waals surface area contributed by atoms with Crippen molar-refractivity contribution in [2.75, 3.05) is 13.7 Å². The number of methoxy groups -OCH3 is 1. The highest BCUT2D eigenvalue weighted by Crippen LogP contribution is 2.38. The highest BCUT2D eigenvalue weighted by atomic mass is 16.6. The molecule has 5 atom stereocenters. The smallest absolute Gasteiger partial charge is 0.200 e. The number of nitrogens with one attached hydrogen (secondary N) is 1. The van der Waals surface area contributed by atoms with Gasteiger partial charge in [0.05, 0.1) is 26.6 Å². The molecule has 1 unspecified atom stereocenters. The van der Waals surface area contributed by atoms with Crippen LogP contribution in [-0.4, -0.2) is 88.3 Å². The topological polar surface area (TPSA) is 199 Å². The predicted octanol–water partition coefficient (Wildman–Crippen LogP) is -1.75. The minimum Gasteiger partial charge on any atom is -0.504 e. The van der Waals surface area contributed by atoms with Crippen LogP contribution in [0.2, 0.25) is 0 Å². The largest absolute Gasteiger partial charge is 0.504 e. The Bertz CT molecular complexity index is 1180. The van der Waals surface area contributed by atoms with Crippen molar-refractivity contribution in [1.29, 1.82) is 0 Å². The number of rotatable bonds is 5. The van der Waals surface area contributed by atoms with Crippen molar-refractivity contribution in [2.24, 2.45) is 4.99 Å². The summed E-state index contributed by atoms with van der Waals surface area (Å²) in [7, 11) is 1.37. The lowest BCUT2D eigenvalue weighted by atomic mass is 9.98. The van der Waals surface area contributed by atoms with Gasteiger partial charge in [0.2, 0.25) is 5.75 Å². The maximum atomic E-state index is 10.4. The molecule has 0 bridgehead atoms. The minimum atomic E-state index is -1.55. The Morgan fingerprint density at radius 2 is 1.91 bits per heavy atom. The highest BCUT2D eigenvalue weighted by Gasteiger charge is 2.44. The van der Waals surface area contributed by atoms with E-state index in [1.807, 2.05) is 0 Å². The number of hydrogen-bond acceptors (Lipinski definition) is 11. The van der Waals surface area contributed by atoms with Gasteiger partial charge in [-0.1, -0.05) is 0 Å². The van der Waals surface area contributed by atoms with Gasteiger partial charge < -0.3 is 45.1 Å². The minimum absolute atomic E-state index is 0.0193. The quantitative estimate of drug-likeness (QED) is 0.219. The number of phenolic OH excluding ortho intramolecular Hbond substituents is 2. The number of ether oxygens (including phenoxy) is 2. The van der Waals surface area contributed by atoms with Crippen LogP contribution in [0.4, 0.5) is 0 Å². The van der Waals surface area contributed by atoms with Crippen molar-refractivity contribution < 1.29 is 40.1 Å². The third-order valence-electron chi connectivity index (χ3n) is 5.35. The number of fused-ring (bicyclic) bond motifs is 1. The molecule has 4 rings (SSSR count). The van der Waals surface area contributed by atoms with E-state index in [1.54, 1.807) is 6.07 Å². The standard InChI is InChI=1S/C19H23N5O8/c1-31-9-3-2-8(12(26)13(9)27)4-20-17-11-18(22-6-21-11)24(7-23-17)19-16(30)15(29)14(28)10(5-25)32-19/h2-3,6-7,10,14-16,19,25-30H,4-5H2,1H3,(H,21,22)/t10-,14-,15+,16-,19?/m1/s1. The molecule has 13 heteroatoms. The number of H-pyrrole nitrogens is 1. The van der Waals surface area contributed by atoms with Crippen molar-refractivity contribution in [1.82, 2.24) is 19.5 Å². The Balaban J connectivity index is 1.70. The summed E-state index contributed by atoms with van der Waals surface area (Å²) in [5.74, 6) is -0.629. The van der Waals surface area contributed by atoms with E-state index >= 15 is 0 Å². The van der Waals surface area contributed by atoms with Gasteiger partial charge in [0.1, 0.15) is 36.3 Å². The van der Waals surface area contributed by atoms with Crippen molar-refractivity contribution in [2.45, 2.75) is 37.2 Å². The molecule has 32 heavy (non-hydrogen) atoms. The van der Waals surface area contributed by atoms with Gasteiger partial charge in [0.25, 0.3) is 0 Å². The fourth-order valence-corrected chi connectivity index (χ4v) is 3.56. The third kappa shape index (κ3) is 3.65. The van der Waals surface area contributed by atoms with Gasteiger partial charge in [-0.2, -0.15) is 0 Å². The van der Waals surface area contributed by atoms with Crippen LogP contribution in [0.25, 0.3) is 11.2 Å². The molecule has 0 spiro atoms. The lowest BCUT2D eigenvalue weighted by Crippen LogP contribution is -2.56. The maximum absolute atomic E-state index is 10.4. The molecule has 7 N–H and O–H groups in total. The van der Waals surface area contributed by atoms with Gasteiger partial charge in [-0.05, 0) is 12.1 Å². The van der Waals surface area contributed by atoms with E-state index < -0.39 is 43.0 Å². The van der Waals surface area contributed by atoms with Gasteiger partial charge in [0, 0.05) is 5.56 Å². The summed E-state index contributed by atoms with van der Waals surface area (Å²) in [4.78, 5) is 15.7. The number of benzene rings is 1. The van der Waals surface area contributed by atoms with Crippen LogP contribution < -0.4 is 10.2 Å². The number of aliphatic hydroxyl groups is 4. The first-order valence-corrected chi connectivity index (χ1v) is 9.66. The number of imidazole rings is 1. The fraction of sp³-hybridized carbons (Fsp3) is 0.421. The normalized spacial score (nSPS) is 26.5. The van der Waals surface area contributed by atoms with E-state index in [0.29, 0.717) is 11.1 Å². The molecule has 0 aliphatic carbocycles. The monoisotopic (exact) mass is 449 g/mol. The Morgan fingerprint density at radius 3 is 2.62 bits per heavy atom. The molecule has 0 amide bonds. The first-order chi connectivity index (χ1) is 15.4. The van der Waals surface area contributed by atoms with Crippen LogP contribution in [0.3, 0.4) is 0 Å². The van der Waals surface area contributed by atoms with Crippen LogP contribution in [0.15, 0.2) is 29.8 Å². The molecular formula is C19H23N5O8. The molecule has 3 aromatic rings. The molecular weight excluding hydrogens is 426 g/mol. The summed E-state index contributed by atoms with van der Waals surface area (Å²) >= 11 is 0. The van der Waals surface area contributed by atoms with E-state index in [9.17, 15) is 30.6 Å². The second kappa shape index (κ2) is 8.72. The molecule has 0 radical (unpaired) electrons. The van der Waals surface area contributed by atoms with Gasteiger partial charge >= 0.3 is 0 Å². The summed E-state index contributed by atoms with van der Waals surface area (Å²) in [5.41, 5.74) is 1.23. The molecule has 172 valence electrons. The van der Waals surface area contributed by atoms with Crippen LogP contribution in [0.1, 0.15) is 11.8 Å². The van der Waals surface area contributed by atoms with Gasteiger partial charge in [-0.15, -0.1) is 0 Å². The predicted molar refractivity (Wildman–Crippen MR) is 106 cm³/mol. The number of phenols is 2. The first-order valence-electron chi connectivity index (χ1n) is 9.66. The molecule has 2 aromatic heterocycles. The Kier molecular flexibility index (Phi) is 5.99. The fourth-order valence-electron chi connectivity index (χ4n) is 3.56. The van der Waals surface area contributed by atoms with Crippen LogP contribution in [0, 0.1) is 0 Å². The van der Waals surface area contributed by atoms with Gasteiger partial charge in [-0.3, -0.25) is 9.56 Å². The average Bonchev–Trinajstić information content (AvgIpc) is 3.29. The molecule has 1 aromatic carbocycles. The molecule has 1 aliphatic rings. The van der Waals surface area contributed by atoms with Crippen molar-refractivity contribution >= 4 is 11.2 Å². The average molecular weight is 449 g/mol. The van der Waals surface area contributed by atoms with E-state index in [4.69, 9.17) is 9.47 Å². The summed E-state index contributed by atoms with van der Waals surface area (Å²) < 4.78 is 11.9. The molecule has 3 heterocycles. The lowest BCUT2D eigenvalue weighted by Gasteiger charge is -2.40. The molecule has 1 saturated heterocycles. The molecule has 13 nitrogen and oxygen atoms in total. The van der Waals surface area contributed by atoms with Crippen molar-refractivity contribution in [3.05, 3.63) is 35.8 Å². The number of aromatic nitrogens is 4. The third-order valence-corrected chi connectivity index (χ3v) is 5.35. The zero-order valence-corrected chi connectivity index (χ0v) is 16.9. The van der Waals surface area contributed by atoms with E-state index in [-0.39, 0.29) is 29.2 Å². The van der Waals surface area contributed by atoms with E-state index in [1.165, 1.54) is 30.4 Å². The van der Waals surface area contributed by atoms with Crippen LogP contribution >= 0.6 is 0 Å². The molecule has 1 aliphatic heterocycles. The zero-order chi connectivity index (χ0) is 23.0. The summed E-state index contributed by atoms with van der Waals surface area (Å²) in [6.45, 7) is -0.584. The highest BCUT2D eigenvalue weighted by molar-refractivity contribution is 5.68.